The van der Waals surface area contributed by atoms with Gasteiger partial charge in [0.05, 0.1) is 16.0 Å². The summed E-state index contributed by atoms with van der Waals surface area (Å²) in [4.78, 5) is 38.3. The van der Waals surface area contributed by atoms with E-state index in [-0.39, 0.29) is 17.5 Å². The maximum Gasteiger partial charge on any atom is 0.341 e. The van der Waals surface area contributed by atoms with Crippen LogP contribution in [0.1, 0.15) is 52.1 Å². The zero-order valence-electron chi connectivity index (χ0n) is 14.6. The van der Waals surface area contributed by atoms with Crippen molar-refractivity contribution in [2.75, 3.05) is 7.05 Å². The van der Waals surface area contributed by atoms with E-state index in [0.717, 1.165) is 4.57 Å². The van der Waals surface area contributed by atoms with Crippen LogP contribution in [0, 0.1) is 6.92 Å². The molecule has 4 rings (SSSR count). The third-order valence-corrected chi connectivity index (χ3v) is 9.10. The monoisotopic (exact) mass is 380 g/mol. The summed E-state index contributed by atoms with van der Waals surface area (Å²) in [5.74, 6) is -1.80. The number of fused-ring (bicyclic) bond motifs is 1. The van der Waals surface area contributed by atoms with Gasteiger partial charge < -0.3 is 14.6 Å². The van der Waals surface area contributed by atoms with E-state index in [0.29, 0.717) is 31.2 Å². The minimum atomic E-state index is -3.39. The van der Waals surface area contributed by atoms with Crippen molar-refractivity contribution in [3.8, 4) is 0 Å². The number of hydrogen-bond donors (Lipinski definition) is 1. The molecule has 1 atom stereocenters. The zero-order chi connectivity index (χ0) is 19.0. The Morgan fingerprint density at radius 2 is 1.88 bits per heavy atom. The fraction of sp³-hybridized carbons (Fsp3) is 0.588. The van der Waals surface area contributed by atoms with Crippen LogP contribution in [0.4, 0.5) is 0 Å². The normalized spacial score (nSPS) is 24.3. The molecule has 0 bridgehead atoms. The minimum absolute atomic E-state index is 0.00428. The van der Waals surface area contributed by atoms with Crippen molar-refractivity contribution in [2.45, 2.75) is 55.2 Å². The fourth-order valence-corrected chi connectivity index (χ4v) is 6.89. The van der Waals surface area contributed by atoms with E-state index in [9.17, 15) is 27.9 Å². The molecule has 2 saturated carbocycles. The van der Waals surface area contributed by atoms with Gasteiger partial charge in [0.2, 0.25) is 0 Å². The lowest BCUT2D eigenvalue weighted by molar-refractivity contribution is 0.0624. The lowest BCUT2D eigenvalue weighted by Gasteiger charge is -2.40. The van der Waals surface area contributed by atoms with Gasteiger partial charge in [-0.25, -0.2) is 13.2 Å². The third-order valence-electron chi connectivity index (χ3n) is 5.94. The Hall–Kier alpha value is -2.16. The molecule has 0 aromatic carbocycles. The molecule has 3 aliphatic rings. The Balaban J connectivity index is 1.86. The fourth-order valence-electron chi connectivity index (χ4n) is 4.18. The van der Waals surface area contributed by atoms with E-state index in [1.807, 2.05) is 0 Å². The number of aromatic nitrogens is 1. The van der Waals surface area contributed by atoms with Crippen LogP contribution < -0.4 is 5.56 Å². The van der Waals surface area contributed by atoms with Crippen LogP contribution in [0.25, 0.3) is 0 Å². The number of sulfone groups is 1. The van der Waals surface area contributed by atoms with Crippen molar-refractivity contribution in [1.29, 1.82) is 0 Å². The van der Waals surface area contributed by atoms with Crippen molar-refractivity contribution in [1.82, 2.24) is 9.47 Å². The van der Waals surface area contributed by atoms with Crippen molar-refractivity contribution < 1.29 is 23.1 Å². The number of nitrogens with zero attached hydrogens (tertiary/aromatic N) is 2. The summed E-state index contributed by atoms with van der Waals surface area (Å²) in [7, 11) is -1.82. The third kappa shape index (κ3) is 2.12. The number of aryl methyl sites for hydroxylation is 1. The highest BCUT2D eigenvalue weighted by atomic mass is 32.2. The molecule has 1 amide bonds. The summed E-state index contributed by atoms with van der Waals surface area (Å²) in [6.07, 6.45) is 2.23. The Morgan fingerprint density at radius 3 is 2.38 bits per heavy atom. The van der Waals surface area contributed by atoms with Crippen LogP contribution in [0.15, 0.2) is 10.9 Å². The van der Waals surface area contributed by atoms with E-state index in [1.54, 1.807) is 14.0 Å². The molecule has 26 heavy (non-hydrogen) atoms. The number of pyridine rings is 1. The topological polar surface area (TPSA) is 114 Å². The SMILES string of the molecule is Cc1cc(C(=O)O)c(=O)n2c1C(=O)N(C)C(C1(S(=O)(=O)C3CC3)CC1)C2. The first-order valence-electron chi connectivity index (χ1n) is 8.60. The Morgan fingerprint density at radius 1 is 1.27 bits per heavy atom. The summed E-state index contributed by atoms with van der Waals surface area (Å²) in [6, 6.07) is 0.547. The van der Waals surface area contributed by atoms with Crippen molar-refractivity contribution >= 4 is 21.7 Å². The van der Waals surface area contributed by atoms with E-state index >= 15 is 0 Å². The first kappa shape index (κ1) is 17.3. The predicted molar refractivity (Wildman–Crippen MR) is 92.2 cm³/mol. The lowest BCUT2D eigenvalue weighted by Crippen LogP contribution is -2.58. The molecule has 9 heteroatoms. The van der Waals surface area contributed by atoms with Crippen molar-refractivity contribution in [2.24, 2.45) is 0 Å². The highest BCUT2D eigenvalue weighted by Gasteiger charge is 2.65. The molecule has 2 fully saturated rings. The molecule has 2 heterocycles. The second-order valence-corrected chi connectivity index (χ2v) is 10.1. The van der Waals surface area contributed by atoms with Gasteiger partial charge in [0.1, 0.15) is 11.3 Å². The second kappa shape index (κ2) is 5.18. The smallest absolute Gasteiger partial charge is 0.341 e. The number of likely N-dealkylation sites (N-methyl/N-ethyl adjacent to an activating group) is 1. The Kier molecular flexibility index (Phi) is 3.44. The maximum absolute atomic E-state index is 12.9. The Bertz CT molecular complexity index is 1000. The van der Waals surface area contributed by atoms with Crippen LogP contribution in [0.2, 0.25) is 0 Å². The van der Waals surface area contributed by atoms with Crippen molar-refractivity contribution in [3.05, 3.63) is 33.2 Å². The van der Waals surface area contributed by atoms with Gasteiger partial charge in [0.25, 0.3) is 11.5 Å². The number of carbonyl (C=O) groups excluding carboxylic acids is 1. The van der Waals surface area contributed by atoms with E-state index in [4.69, 9.17) is 0 Å². The first-order valence-corrected chi connectivity index (χ1v) is 10.1. The summed E-state index contributed by atoms with van der Waals surface area (Å²) in [5.41, 5.74) is -0.632. The Labute approximate surface area is 150 Å². The molecule has 8 nitrogen and oxygen atoms in total. The molecule has 0 spiro atoms. The highest BCUT2D eigenvalue weighted by molar-refractivity contribution is 7.94. The van der Waals surface area contributed by atoms with Gasteiger partial charge in [-0.15, -0.1) is 0 Å². The summed E-state index contributed by atoms with van der Waals surface area (Å²) >= 11 is 0. The number of amides is 1. The molecule has 140 valence electrons. The van der Waals surface area contributed by atoms with E-state index in [1.165, 1.54) is 11.0 Å². The molecule has 1 N–H and O–H groups in total. The van der Waals surface area contributed by atoms with Gasteiger partial charge >= 0.3 is 5.97 Å². The molecule has 0 radical (unpaired) electrons. The van der Waals surface area contributed by atoms with Gasteiger partial charge in [-0.2, -0.15) is 0 Å². The number of carbonyl (C=O) groups is 2. The van der Waals surface area contributed by atoms with Crippen LogP contribution in [0.3, 0.4) is 0 Å². The highest BCUT2D eigenvalue weighted by Crippen LogP contribution is 2.54. The summed E-state index contributed by atoms with van der Waals surface area (Å²) < 4.78 is 26.0. The number of aromatic carboxylic acids is 1. The average molecular weight is 380 g/mol. The minimum Gasteiger partial charge on any atom is -0.477 e. The largest absolute Gasteiger partial charge is 0.477 e. The molecule has 0 saturated heterocycles. The van der Waals surface area contributed by atoms with E-state index in [2.05, 4.69) is 0 Å². The van der Waals surface area contributed by atoms with Gasteiger partial charge in [-0.3, -0.25) is 9.59 Å². The predicted octanol–water partition coefficient (Wildman–Crippen LogP) is 0.419. The number of carboxylic acid groups (broad SMARTS) is 1. The van der Waals surface area contributed by atoms with Crippen LogP contribution in [0.5, 0.6) is 0 Å². The molecule has 1 aromatic heterocycles. The molecule has 1 aromatic rings. The number of carboxylic acids is 1. The van der Waals surface area contributed by atoms with Gasteiger partial charge in [0, 0.05) is 13.6 Å². The molecule has 1 aliphatic heterocycles. The van der Waals surface area contributed by atoms with Crippen LogP contribution in [-0.2, 0) is 16.4 Å². The second-order valence-electron chi connectivity index (χ2n) is 7.55. The average Bonchev–Trinajstić information content (AvgIpc) is 3.45. The number of hydrogen-bond acceptors (Lipinski definition) is 5. The standard InChI is InChI=1S/C17H20N2O6S/c1-9-7-11(16(22)23)14(20)19-8-12(18(2)15(21)13(9)19)17(5-6-17)26(24,25)10-3-4-10/h7,10,12H,3-6,8H2,1-2H3,(H,22,23). The molecular formula is C17H20N2O6S. The summed E-state index contributed by atoms with van der Waals surface area (Å²) in [5, 5.41) is 8.91. The van der Waals surface area contributed by atoms with Crippen LogP contribution in [-0.4, -0.2) is 58.0 Å². The van der Waals surface area contributed by atoms with Gasteiger partial charge in [-0.05, 0) is 44.2 Å². The zero-order valence-corrected chi connectivity index (χ0v) is 15.4. The summed E-state index contributed by atoms with van der Waals surface area (Å²) in [6.45, 7) is 1.59. The van der Waals surface area contributed by atoms with Crippen molar-refractivity contribution in [3.63, 3.8) is 0 Å². The molecular weight excluding hydrogens is 360 g/mol. The van der Waals surface area contributed by atoms with Crippen LogP contribution >= 0.6 is 0 Å². The van der Waals surface area contributed by atoms with Gasteiger partial charge in [-0.1, -0.05) is 0 Å². The first-order chi connectivity index (χ1) is 12.1. The molecule has 1 unspecified atom stereocenters. The van der Waals surface area contributed by atoms with Gasteiger partial charge in [0.15, 0.2) is 9.84 Å². The quantitative estimate of drug-likeness (QED) is 0.810. The maximum atomic E-state index is 12.9. The van der Waals surface area contributed by atoms with E-state index < -0.39 is 43.6 Å². The number of rotatable bonds is 4. The lowest BCUT2D eigenvalue weighted by atomic mass is 10.0. The molecule has 2 aliphatic carbocycles.